The van der Waals surface area contributed by atoms with Crippen molar-refractivity contribution in [2.24, 2.45) is 0 Å². The lowest BCUT2D eigenvalue weighted by Crippen LogP contribution is -2.03. The molecule has 2 nitrogen and oxygen atoms in total. The van der Waals surface area contributed by atoms with E-state index in [1.807, 2.05) is 0 Å². The Hall–Kier alpha value is -5.08. The number of para-hydroxylation sites is 2. The van der Waals surface area contributed by atoms with Gasteiger partial charge in [0.15, 0.2) is 0 Å². The highest BCUT2D eigenvalue weighted by Crippen LogP contribution is 2.37. The van der Waals surface area contributed by atoms with Gasteiger partial charge in [-0.2, -0.15) is 0 Å². The van der Waals surface area contributed by atoms with Gasteiger partial charge in [0.05, 0.1) is 22.4 Å². The first-order valence-corrected chi connectivity index (χ1v) is 14.7. The van der Waals surface area contributed by atoms with Crippen LogP contribution in [0.5, 0.6) is 0 Å². The van der Waals surface area contributed by atoms with Crippen LogP contribution in [0.25, 0.3) is 68.6 Å². The largest absolute Gasteiger partial charge is 0.309 e. The molecule has 0 radical (unpaired) electrons. The van der Waals surface area contributed by atoms with Gasteiger partial charge in [-0.05, 0) is 81.3 Å². The molecule has 2 heteroatoms. The summed E-state index contributed by atoms with van der Waals surface area (Å²) in [5.74, 6) is 0. The predicted molar refractivity (Wildman–Crippen MR) is 184 cm³/mol. The second kappa shape index (κ2) is 11.8. The number of allylic oxidation sites excluding steroid dienone is 4. The Morgan fingerprint density at radius 2 is 0.857 bits per heavy atom. The molecule has 0 saturated heterocycles. The zero-order valence-corrected chi connectivity index (χ0v) is 24.8. The summed E-state index contributed by atoms with van der Waals surface area (Å²) < 4.78 is 4.82. The van der Waals surface area contributed by atoms with Crippen LogP contribution in [0.1, 0.15) is 50.2 Å². The lowest BCUT2D eigenvalue weighted by molar-refractivity contribution is 1.07. The van der Waals surface area contributed by atoms with Crippen LogP contribution in [-0.2, 0) is 0 Å². The maximum absolute atomic E-state index is 2.41. The predicted octanol–water partition coefficient (Wildman–Crippen LogP) is 11.4. The van der Waals surface area contributed by atoms with Crippen molar-refractivity contribution in [2.45, 2.75) is 27.7 Å². The minimum absolute atomic E-state index is 1.13. The molecular weight excluding hydrogens is 508 g/mol. The molecule has 0 spiro atoms. The van der Waals surface area contributed by atoms with Crippen LogP contribution in [0.2, 0.25) is 0 Å². The fourth-order valence-electron chi connectivity index (χ4n) is 6.10. The highest BCUT2D eigenvalue weighted by atomic mass is 15.0. The Balaban J connectivity index is 1.76. The lowest BCUT2D eigenvalue weighted by atomic mass is 10.0. The van der Waals surface area contributed by atoms with Crippen molar-refractivity contribution < 1.29 is 0 Å². The van der Waals surface area contributed by atoms with E-state index >= 15 is 0 Å². The monoisotopic (exact) mass is 544 g/mol. The van der Waals surface area contributed by atoms with E-state index in [0.29, 0.717) is 0 Å². The smallest absolute Gasteiger partial charge is 0.0541 e. The Morgan fingerprint density at radius 1 is 0.429 bits per heavy atom. The number of aromatic nitrogens is 2. The fraction of sp³-hybridized carbons (Fsp3) is 0.100. The van der Waals surface area contributed by atoms with E-state index in [1.165, 1.54) is 55.4 Å². The van der Waals surface area contributed by atoms with Crippen LogP contribution in [0, 0.1) is 0 Å². The van der Waals surface area contributed by atoms with Crippen molar-refractivity contribution in [1.82, 2.24) is 9.13 Å². The molecule has 0 amide bonds. The van der Waals surface area contributed by atoms with Gasteiger partial charge >= 0.3 is 0 Å². The Morgan fingerprint density at radius 3 is 1.31 bits per heavy atom. The average molecular weight is 545 g/mol. The Labute approximate surface area is 248 Å². The van der Waals surface area contributed by atoms with Gasteiger partial charge in [-0.15, -0.1) is 0 Å². The number of hydrogen-bond acceptors (Lipinski definition) is 0. The van der Waals surface area contributed by atoms with E-state index < -0.39 is 0 Å². The molecule has 0 atom stereocenters. The van der Waals surface area contributed by atoms with Crippen LogP contribution in [-0.4, -0.2) is 9.13 Å². The number of nitrogens with zero attached hydrogens (tertiary/aromatic N) is 2. The van der Waals surface area contributed by atoms with E-state index in [-0.39, 0.29) is 0 Å². The summed E-state index contributed by atoms with van der Waals surface area (Å²) >= 11 is 0. The number of benzene rings is 4. The van der Waals surface area contributed by atoms with E-state index in [0.717, 1.165) is 11.4 Å². The van der Waals surface area contributed by atoms with Crippen molar-refractivity contribution in [3.63, 3.8) is 0 Å². The zero-order chi connectivity index (χ0) is 29.1. The molecule has 0 aliphatic carbocycles. The molecule has 2 aromatic heterocycles. The highest BCUT2D eigenvalue weighted by Gasteiger charge is 2.19. The van der Waals surface area contributed by atoms with Crippen molar-refractivity contribution in [3.05, 3.63) is 144 Å². The number of hydrogen-bond donors (Lipinski definition) is 0. The summed E-state index contributed by atoms with van der Waals surface area (Å²) in [6.07, 6.45) is 17.4. The highest BCUT2D eigenvalue weighted by molar-refractivity contribution is 5.97. The van der Waals surface area contributed by atoms with Crippen molar-refractivity contribution in [1.29, 1.82) is 0 Å². The molecule has 42 heavy (non-hydrogen) atoms. The third-order valence-corrected chi connectivity index (χ3v) is 7.75. The minimum Gasteiger partial charge on any atom is -0.309 e. The van der Waals surface area contributed by atoms with Gasteiger partial charge < -0.3 is 9.13 Å². The molecule has 0 N–H and O–H groups in total. The summed E-state index contributed by atoms with van der Waals surface area (Å²) in [7, 11) is 0. The summed E-state index contributed by atoms with van der Waals surface area (Å²) in [6, 6.07) is 35.1. The van der Waals surface area contributed by atoms with Crippen LogP contribution in [0.3, 0.4) is 0 Å². The van der Waals surface area contributed by atoms with Crippen molar-refractivity contribution in [3.8, 4) is 22.5 Å². The molecule has 4 aromatic carbocycles. The molecule has 0 aliphatic rings. The van der Waals surface area contributed by atoms with Gasteiger partial charge in [0.25, 0.3) is 0 Å². The van der Waals surface area contributed by atoms with E-state index in [4.69, 9.17) is 0 Å². The minimum atomic E-state index is 1.13. The van der Waals surface area contributed by atoms with Crippen LogP contribution >= 0.6 is 0 Å². The van der Waals surface area contributed by atoms with Crippen molar-refractivity contribution >= 4 is 46.1 Å². The Bertz CT molecular complexity index is 1880. The Kier molecular flexibility index (Phi) is 7.62. The maximum Gasteiger partial charge on any atom is 0.0541 e. The first kappa shape index (κ1) is 27.1. The molecule has 206 valence electrons. The summed E-state index contributed by atoms with van der Waals surface area (Å²) in [6.45, 7) is 8.35. The van der Waals surface area contributed by atoms with Crippen LogP contribution in [0.4, 0.5) is 0 Å². The van der Waals surface area contributed by atoms with E-state index in [2.05, 4.69) is 182 Å². The normalized spacial score (nSPS) is 12.4. The standard InChI is InChI=1S/C40H36N2/c1-5-16-33-35-22-12-14-24-39(35)41(37(33)18-7-3)31-26-30(29-20-10-9-11-21-29)27-32(28-31)42-38(19-8-4)34(17-6-2)36-23-13-15-25-40(36)42/h5-28H,1-4H3/b16-5-,17-6-,18-7-,19-8-. The molecule has 0 bridgehead atoms. The van der Waals surface area contributed by atoms with Crippen molar-refractivity contribution in [2.75, 3.05) is 0 Å². The molecular formula is C40H36N2. The lowest BCUT2D eigenvalue weighted by Gasteiger charge is -2.17. The number of rotatable bonds is 7. The van der Waals surface area contributed by atoms with E-state index in [1.54, 1.807) is 0 Å². The molecule has 0 saturated carbocycles. The van der Waals surface area contributed by atoms with Crippen LogP contribution in [0.15, 0.2) is 121 Å². The summed E-state index contributed by atoms with van der Waals surface area (Å²) in [5.41, 5.74) is 11.8. The second-order valence-corrected chi connectivity index (χ2v) is 10.4. The quantitative estimate of drug-likeness (QED) is 0.189. The third-order valence-electron chi connectivity index (χ3n) is 7.75. The van der Waals surface area contributed by atoms with Gasteiger partial charge in [0.1, 0.15) is 0 Å². The van der Waals surface area contributed by atoms with E-state index in [9.17, 15) is 0 Å². The second-order valence-electron chi connectivity index (χ2n) is 10.4. The first-order chi connectivity index (χ1) is 20.7. The molecule has 6 aromatic rings. The fourth-order valence-corrected chi connectivity index (χ4v) is 6.10. The SMILES string of the molecule is C/C=C\c1c(/C=C\C)n(-c2cc(-c3ccccc3)cc(-n3c(/C=C\C)c(/C=C\C)c4ccccc43)c2)c2ccccc12. The molecule has 0 aliphatic heterocycles. The topological polar surface area (TPSA) is 9.86 Å². The summed E-state index contributed by atoms with van der Waals surface area (Å²) in [4.78, 5) is 0. The van der Waals surface area contributed by atoms with Gasteiger partial charge in [-0.25, -0.2) is 0 Å². The molecule has 2 heterocycles. The average Bonchev–Trinajstić information content (AvgIpc) is 3.50. The van der Waals surface area contributed by atoms with Gasteiger partial charge in [-0.3, -0.25) is 0 Å². The zero-order valence-electron chi connectivity index (χ0n) is 24.8. The van der Waals surface area contributed by atoms with Crippen LogP contribution < -0.4 is 0 Å². The van der Waals surface area contributed by atoms with Gasteiger partial charge in [-0.1, -0.05) is 103 Å². The molecule has 6 rings (SSSR count). The number of fused-ring (bicyclic) bond motifs is 2. The van der Waals surface area contributed by atoms with Gasteiger partial charge in [0, 0.05) is 33.3 Å². The summed E-state index contributed by atoms with van der Waals surface area (Å²) in [5, 5.41) is 2.48. The maximum atomic E-state index is 2.41. The molecule has 0 unspecified atom stereocenters. The first-order valence-electron chi connectivity index (χ1n) is 14.7. The van der Waals surface area contributed by atoms with Gasteiger partial charge in [0.2, 0.25) is 0 Å². The molecule has 0 fully saturated rings. The third kappa shape index (κ3) is 4.65.